The number of nitrogens with zero attached hydrogens (tertiary/aromatic N) is 1. The van der Waals surface area contributed by atoms with Crippen LogP contribution >= 0.6 is 0 Å². The van der Waals surface area contributed by atoms with Crippen molar-refractivity contribution >= 4 is 5.97 Å². The molecule has 0 radical (unpaired) electrons. The number of aliphatic carboxylic acids is 1. The molecule has 3 heteroatoms. The number of carboxylic acids is 1. The van der Waals surface area contributed by atoms with Gasteiger partial charge in [0.15, 0.2) is 0 Å². The highest BCUT2D eigenvalue weighted by molar-refractivity contribution is 5.67. The van der Waals surface area contributed by atoms with E-state index in [9.17, 15) is 4.79 Å². The van der Waals surface area contributed by atoms with Gasteiger partial charge in [-0.1, -0.05) is 0 Å². The molecule has 0 spiro atoms. The van der Waals surface area contributed by atoms with Crippen molar-refractivity contribution in [3.8, 4) is 0 Å². The van der Waals surface area contributed by atoms with E-state index in [0.717, 1.165) is 25.9 Å². The van der Waals surface area contributed by atoms with Gasteiger partial charge in [0.1, 0.15) is 0 Å². The average molecular weight is 169 g/mol. The molecule has 0 aliphatic carbocycles. The van der Waals surface area contributed by atoms with Gasteiger partial charge in [0.05, 0.1) is 6.42 Å². The fourth-order valence-electron chi connectivity index (χ4n) is 2.65. The Morgan fingerprint density at radius 3 is 3.00 bits per heavy atom. The molecular formula is C9H15NO2. The van der Waals surface area contributed by atoms with E-state index < -0.39 is 5.97 Å². The second-order valence-corrected chi connectivity index (χ2v) is 4.20. The lowest BCUT2D eigenvalue weighted by Crippen LogP contribution is -2.35. The van der Waals surface area contributed by atoms with Crippen molar-refractivity contribution in [2.45, 2.75) is 25.7 Å². The van der Waals surface area contributed by atoms with Crippen LogP contribution in [0.2, 0.25) is 0 Å². The Hall–Kier alpha value is -0.570. The lowest BCUT2D eigenvalue weighted by Gasteiger charge is -2.32. The Balaban J connectivity index is 2.05. The topological polar surface area (TPSA) is 40.5 Å². The second kappa shape index (κ2) is 2.73. The molecule has 68 valence electrons. The van der Waals surface area contributed by atoms with E-state index in [1.165, 1.54) is 13.0 Å². The Morgan fingerprint density at radius 2 is 2.25 bits per heavy atom. The van der Waals surface area contributed by atoms with Gasteiger partial charge in [-0.2, -0.15) is 0 Å². The monoisotopic (exact) mass is 169 g/mol. The fourth-order valence-corrected chi connectivity index (χ4v) is 2.65. The smallest absolute Gasteiger partial charge is 0.303 e. The van der Waals surface area contributed by atoms with Crippen LogP contribution in [0.25, 0.3) is 0 Å². The molecule has 2 aliphatic rings. The summed E-state index contributed by atoms with van der Waals surface area (Å²) in [6, 6.07) is 0. The van der Waals surface area contributed by atoms with Gasteiger partial charge in [0, 0.05) is 6.54 Å². The number of carbonyl (C=O) groups is 1. The van der Waals surface area contributed by atoms with Crippen LogP contribution < -0.4 is 0 Å². The van der Waals surface area contributed by atoms with Crippen LogP contribution in [0, 0.1) is 5.41 Å². The first-order valence-electron chi connectivity index (χ1n) is 4.64. The summed E-state index contributed by atoms with van der Waals surface area (Å²) in [4.78, 5) is 13.0. The van der Waals surface area contributed by atoms with Gasteiger partial charge in [0.25, 0.3) is 0 Å². The number of fused-ring (bicyclic) bond motifs is 2. The normalized spacial score (nSPS) is 39.8. The maximum atomic E-state index is 10.6. The molecule has 2 unspecified atom stereocenters. The zero-order chi connectivity index (χ0) is 8.60. The molecule has 0 amide bonds. The molecule has 2 aliphatic heterocycles. The highest BCUT2D eigenvalue weighted by atomic mass is 16.4. The van der Waals surface area contributed by atoms with Gasteiger partial charge < -0.3 is 10.0 Å². The lowest BCUT2D eigenvalue weighted by molar-refractivity contribution is -0.140. The van der Waals surface area contributed by atoms with Gasteiger partial charge >= 0.3 is 5.97 Å². The minimum Gasteiger partial charge on any atom is -0.481 e. The van der Waals surface area contributed by atoms with Crippen molar-refractivity contribution in [2.24, 2.45) is 5.41 Å². The summed E-state index contributed by atoms with van der Waals surface area (Å²) >= 11 is 0. The minimum atomic E-state index is -0.626. The van der Waals surface area contributed by atoms with Crippen molar-refractivity contribution in [2.75, 3.05) is 19.6 Å². The van der Waals surface area contributed by atoms with Crippen LogP contribution in [0.4, 0.5) is 0 Å². The Morgan fingerprint density at radius 1 is 1.42 bits per heavy atom. The molecule has 0 aromatic heterocycles. The van der Waals surface area contributed by atoms with E-state index in [-0.39, 0.29) is 5.41 Å². The van der Waals surface area contributed by atoms with Crippen LogP contribution in [0.5, 0.6) is 0 Å². The molecular weight excluding hydrogens is 154 g/mol. The molecule has 2 atom stereocenters. The molecule has 2 rings (SSSR count). The molecule has 2 bridgehead atoms. The van der Waals surface area contributed by atoms with E-state index in [4.69, 9.17) is 5.11 Å². The van der Waals surface area contributed by atoms with E-state index in [0.29, 0.717) is 6.42 Å². The minimum absolute atomic E-state index is 0.143. The first-order valence-corrected chi connectivity index (χ1v) is 4.64. The second-order valence-electron chi connectivity index (χ2n) is 4.20. The number of rotatable bonds is 2. The van der Waals surface area contributed by atoms with E-state index in [2.05, 4.69) is 4.90 Å². The van der Waals surface area contributed by atoms with Crippen LogP contribution in [-0.2, 0) is 4.79 Å². The van der Waals surface area contributed by atoms with Crippen molar-refractivity contribution < 1.29 is 9.90 Å². The summed E-state index contributed by atoms with van der Waals surface area (Å²) < 4.78 is 0. The molecule has 0 aromatic rings. The van der Waals surface area contributed by atoms with Gasteiger partial charge in [0.2, 0.25) is 0 Å². The number of carboxylic acid groups (broad SMARTS) is 1. The first kappa shape index (κ1) is 8.05. The Kier molecular flexibility index (Phi) is 1.83. The van der Waals surface area contributed by atoms with Crippen molar-refractivity contribution in [1.29, 1.82) is 0 Å². The van der Waals surface area contributed by atoms with Crippen LogP contribution in [-0.4, -0.2) is 35.6 Å². The van der Waals surface area contributed by atoms with Crippen LogP contribution in [0.3, 0.4) is 0 Å². The number of hydrogen-bond donors (Lipinski definition) is 1. The molecule has 0 saturated carbocycles. The molecule has 0 aromatic carbocycles. The fraction of sp³-hybridized carbons (Fsp3) is 0.889. The van der Waals surface area contributed by atoms with E-state index >= 15 is 0 Å². The van der Waals surface area contributed by atoms with Gasteiger partial charge in [-0.15, -0.1) is 0 Å². The van der Waals surface area contributed by atoms with Gasteiger partial charge in [-0.25, -0.2) is 0 Å². The summed E-state index contributed by atoms with van der Waals surface area (Å²) in [5, 5.41) is 8.76. The zero-order valence-corrected chi connectivity index (χ0v) is 7.25. The summed E-state index contributed by atoms with van der Waals surface area (Å²) in [6.45, 7) is 3.33. The zero-order valence-electron chi connectivity index (χ0n) is 7.25. The third kappa shape index (κ3) is 1.33. The largest absolute Gasteiger partial charge is 0.481 e. The summed E-state index contributed by atoms with van der Waals surface area (Å²) in [6.07, 6.45) is 3.78. The Labute approximate surface area is 72.4 Å². The molecule has 12 heavy (non-hydrogen) atoms. The van der Waals surface area contributed by atoms with Crippen LogP contribution in [0.1, 0.15) is 25.7 Å². The lowest BCUT2D eigenvalue weighted by atomic mass is 9.78. The van der Waals surface area contributed by atoms with E-state index in [1.807, 2.05) is 0 Å². The SMILES string of the molecule is O=C(O)CC12CCCN(CC1)C2. The maximum Gasteiger partial charge on any atom is 0.303 e. The number of hydrogen-bond acceptors (Lipinski definition) is 2. The number of piperidine rings is 1. The third-order valence-electron chi connectivity index (χ3n) is 3.23. The maximum absolute atomic E-state index is 10.6. The van der Waals surface area contributed by atoms with Gasteiger partial charge in [-0.05, 0) is 37.8 Å². The Bertz CT molecular complexity index is 201. The predicted octanol–water partition coefficient (Wildman–Crippen LogP) is 0.947. The highest BCUT2D eigenvalue weighted by Crippen LogP contribution is 2.41. The molecule has 3 nitrogen and oxygen atoms in total. The quantitative estimate of drug-likeness (QED) is 0.669. The highest BCUT2D eigenvalue weighted by Gasteiger charge is 2.41. The molecule has 2 fully saturated rings. The summed E-state index contributed by atoms with van der Waals surface area (Å²) in [7, 11) is 0. The van der Waals surface area contributed by atoms with Crippen molar-refractivity contribution in [3.05, 3.63) is 0 Å². The predicted molar refractivity (Wildman–Crippen MR) is 45.0 cm³/mol. The average Bonchev–Trinajstić information content (AvgIpc) is 2.25. The summed E-state index contributed by atoms with van der Waals surface area (Å²) in [5.41, 5.74) is 0.143. The molecule has 2 heterocycles. The standard InChI is InChI=1S/C9H15NO2/c11-8(12)6-9-2-1-4-10(7-9)5-3-9/h1-7H2,(H,11,12). The molecule has 1 N–H and O–H groups in total. The molecule has 2 saturated heterocycles. The van der Waals surface area contributed by atoms with Gasteiger partial charge in [-0.3, -0.25) is 4.79 Å². The van der Waals surface area contributed by atoms with Crippen molar-refractivity contribution in [1.82, 2.24) is 4.90 Å². The van der Waals surface area contributed by atoms with Crippen molar-refractivity contribution in [3.63, 3.8) is 0 Å². The van der Waals surface area contributed by atoms with Crippen LogP contribution in [0.15, 0.2) is 0 Å². The first-order chi connectivity index (χ1) is 5.70. The summed E-state index contributed by atoms with van der Waals surface area (Å²) in [5.74, 6) is -0.626. The van der Waals surface area contributed by atoms with E-state index in [1.54, 1.807) is 0 Å². The third-order valence-corrected chi connectivity index (χ3v) is 3.23.